The highest BCUT2D eigenvalue weighted by Crippen LogP contribution is 2.38. The van der Waals surface area contributed by atoms with E-state index in [2.05, 4.69) is 10.3 Å². The van der Waals surface area contributed by atoms with Crippen LogP contribution in [-0.4, -0.2) is 16.6 Å². The van der Waals surface area contributed by atoms with Gasteiger partial charge in [-0.3, -0.25) is 4.79 Å². The van der Waals surface area contributed by atoms with E-state index < -0.39 is 35.1 Å². The second kappa shape index (κ2) is 10.3. The molecule has 1 aromatic heterocycles. The Hall–Kier alpha value is -1.95. The van der Waals surface area contributed by atoms with Gasteiger partial charge in [0.1, 0.15) is 0 Å². The van der Waals surface area contributed by atoms with E-state index in [4.69, 9.17) is 23.2 Å². The summed E-state index contributed by atoms with van der Waals surface area (Å²) < 4.78 is 78.4. The number of hydrogen-bond donors (Lipinski definition) is 1. The minimum Gasteiger partial charge on any atom is -0.325 e. The molecule has 34 heavy (non-hydrogen) atoms. The normalized spacial score (nSPS) is 12.1. The van der Waals surface area contributed by atoms with Gasteiger partial charge in [-0.05, 0) is 48.9 Å². The predicted octanol–water partition coefficient (Wildman–Crippen LogP) is 8.12. The number of amides is 1. The predicted molar refractivity (Wildman–Crippen MR) is 122 cm³/mol. The summed E-state index contributed by atoms with van der Waals surface area (Å²) in [5.41, 5.74) is -2.12. The molecule has 1 amide bonds. The van der Waals surface area contributed by atoms with Crippen LogP contribution in [0.2, 0.25) is 10.0 Å². The molecule has 0 aliphatic carbocycles. The summed E-state index contributed by atoms with van der Waals surface area (Å²) in [6.07, 6.45) is -9.55. The second-order valence-electron chi connectivity index (χ2n) is 7.03. The zero-order valence-corrected chi connectivity index (χ0v) is 20.2. The average molecular weight is 559 g/mol. The number of aryl methyl sites for hydroxylation is 1. The van der Waals surface area contributed by atoms with E-state index in [-0.39, 0.29) is 11.8 Å². The first-order chi connectivity index (χ1) is 15.7. The van der Waals surface area contributed by atoms with Gasteiger partial charge in [-0.2, -0.15) is 26.3 Å². The summed E-state index contributed by atoms with van der Waals surface area (Å²) >= 11 is 14.5. The van der Waals surface area contributed by atoms with Gasteiger partial charge in [0.05, 0.1) is 22.6 Å². The molecule has 0 fully saturated rings. The summed E-state index contributed by atoms with van der Waals surface area (Å²) in [6, 6.07) is 5.98. The Morgan fingerprint density at radius 3 is 2.24 bits per heavy atom. The number of hydrogen-bond acceptors (Lipinski definition) is 4. The van der Waals surface area contributed by atoms with Crippen LogP contribution < -0.4 is 5.32 Å². The van der Waals surface area contributed by atoms with Crippen LogP contribution in [-0.2, 0) is 23.6 Å². The fraction of sp³-hybridized carbons (Fsp3) is 0.238. The van der Waals surface area contributed by atoms with Crippen molar-refractivity contribution in [1.29, 1.82) is 0 Å². The number of carbonyl (C=O) groups excluding carboxylic acids is 1. The van der Waals surface area contributed by atoms with Crippen LogP contribution in [0, 0.1) is 6.92 Å². The van der Waals surface area contributed by atoms with Gasteiger partial charge >= 0.3 is 12.4 Å². The highest BCUT2D eigenvalue weighted by atomic mass is 35.5. The summed E-state index contributed by atoms with van der Waals surface area (Å²) in [5.74, 6) is -1.04. The van der Waals surface area contributed by atoms with Crippen molar-refractivity contribution in [2.45, 2.75) is 30.0 Å². The first-order valence-corrected chi connectivity index (χ1v) is 11.9. The van der Waals surface area contributed by atoms with Crippen molar-refractivity contribution >= 4 is 57.9 Å². The third-order valence-corrected chi connectivity index (χ3v) is 7.33. The van der Waals surface area contributed by atoms with E-state index in [9.17, 15) is 31.1 Å². The lowest BCUT2D eigenvalue weighted by Gasteiger charge is -2.14. The SMILES string of the molecule is Cc1nc(SCC(=O)Nc2cc(C(F)(F)F)cc(C(F)(F)F)c2)sc1Cc1cc(Cl)ccc1Cl. The Kier molecular flexibility index (Phi) is 8.11. The number of carbonyl (C=O) groups is 1. The van der Waals surface area contributed by atoms with Crippen molar-refractivity contribution in [1.82, 2.24) is 4.98 Å². The van der Waals surface area contributed by atoms with Gasteiger partial charge in [0, 0.05) is 27.0 Å². The van der Waals surface area contributed by atoms with Crippen LogP contribution in [0.1, 0.15) is 27.3 Å². The summed E-state index contributed by atoms with van der Waals surface area (Å²) in [4.78, 5) is 17.5. The number of rotatable bonds is 6. The molecule has 0 unspecified atom stereocenters. The van der Waals surface area contributed by atoms with Crippen molar-refractivity contribution in [2.75, 3.05) is 11.1 Å². The lowest BCUT2D eigenvalue weighted by molar-refractivity contribution is -0.143. The van der Waals surface area contributed by atoms with Crippen LogP contribution in [0.4, 0.5) is 32.0 Å². The van der Waals surface area contributed by atoms with Crippen molar-refractivity contribution in [3.05, 3.63) is 73.7 Å². The van der Waals surface area contributed by atoms with E-state index in [1.807, 2.05) is 0 Å². The van der Waals surface area contributed by atoms with Gasteiger partial charge in [0.25, 0.3) is 0 Å². The monoisotopic (exact) mass is 558 g/mol. The Balaban J connectivity index is 1.69. The Bertz CT molecular complexity index is 1180. The smallest absolute Gasteiger partial charge is 0.325 e. The number of thioether (sulfide) groups is 1. The van der Waals surface area contributed by atoms with Gasteiger partial charge in [-0.1, -0.05) is 35.0 Å². The molecule has 0 saturated heterocycles. The molecule has 13 heteroatoms. The van der Waals surface area contributed by atoms with Crippen LogP contribution in [0.5, 0.6) is 0 Å². The Morgan fingerprint density at radius 2 is 1.65 bits per heavy atom. The molecule has 1 N–H and O–H groups in total. The molecule has 0 saturated carbocycles. The van der Waals surface area contributed by atoms with Crippen molar-refractivity contribution < 1.29 is 31.1 Å². The Morgan fingerprint density at radius 1 is 1.03 bits per heavy atom. The number of aromatic nitrogens is 1. The van der Waals surface area contributed by atoms with E-state index in [0.29, 0.717) is 38.6 Å². The third kappa shape index (κ3) is 7.03. The van der Waals surface area contributed by atoms with Crippen LogP contribution >= 0.6 is 46.3 Å². The Labute approximate surface area is 208 Å². The molecule has 3 rings (SSSR count). The lowest BCUT2D eigenvalue weighted by atomic mass is 10.1. The fourth-order valence-electron chi connectivity index (χ4n) is 2.83. The van der Waals surface area contributed by atoms with Crippen molar-refractivity contribution in [2.24, 2.45) is 0 Å². The minimum absolute atomic E-state index is 0.00352. The largest absolute Gasteiger partial charge is 0.416 e. The minimum atomic E-state index is -5.00. The molecule has 1 heterocycles. The summed E-state index contributed by atoms with van der Waals surface area (Å²) in [5, 5.41) is 3.15. The maximum absolute atomic E-state index is 13.0. The number of benzene rings is 2. The zero-order chi connectivity index (χ0) is 25.3. The lowest BCUT2D eigenvalue weighted by Crippen LogP contribution is -2.17. The van der Waals surface area contributed by atoms with Gasteiger partial charge in [-0.15, -0.1) is 11.3 Å². The van der Waals surface area contributed by atoms with Crippen molar-refractivity contribution in [3.8, 4) is 0 Å². The summed E-state index contributed by atoms with van der Waals surface area (Å²) in [7, 11) is 0. The third-order valence-electron chi connectivity index (χ3n) is 4.43. The van der Waals surface area contributed by atoms with Crippen LogP contribution in [0.15, 0.2) is 40.7 Å². The van der Waals surface area contributed by atoms with E-state index in [1.165, 1.54) is 11.3 Å². The van der Waals surface area contributed by atoms with Crippen LogP contribution in [0.25, 0.3) is 0 Å². The number of nitrogens with zero attached hydrogens (tertiary/aromatic N) is 1. The van der Waals surface area contributed by atoms with Crippen molar-refractivity contribution in [3.63, 3.8) is 0 Å². The first-order valence-electron chi connectivity index (χ1n) is 9.34. The molecule has 0 bridgehead atoms. The molecule has 0 aliphatic heterocycles. The molecule has 182 valence electrons. The molecular weight excluding hydrogens is 545 g/mol. The van der Waals surface area contributed by atoms with E-state index >= 15 is 0 Å². The maximum atomic E-state index is 13.0. The number of halogens is 8. The maximum Gasteiger partial charge on any atom is 0.416 e. The molecule has 0 spiro atoms. The quantitative estimate of drug-likeness (QED) is 0.245. The molecule has 3 aromatic rings. The highest BCUT2D eigenvalue weighted by molar-refractivity contribution is 8.01. The van der Waals surface area contributed by atoms with Gasteiger partial charge in [0.15, 0.2) is 4.34 Å². The van der Waals surface area contributed by atoms with E-state index in [1.54, 1.807) is 25.1 Å². The number of nitrogens with one attached hydrogen (secondary N) is 1. The topological polar surface area (TPSA) is 42.0 Å². The summed E-state index contributed by atoms with van der Waals surface area (Å²) in [6.45, 7) is 1.77. The fourth-order valence-corrected chi connectivity index (χ4v) is 5.27. The number of anilines is 1. The standard InChI is InChI=1S/C21H14Cl2F6N2OS2/c1-10-17(5-11-4-14(22)2-3-16(11)23)34-19(30-10)33-9-18(32)31-15-7-12(20(24,25)26)6-13(8-15)21(27,28)29/h2-4,6-8H,5,9H2,1H3,(H,31,32). The molecule has 0 radical (unpaired) electrons. The molecule has 0 atom stereocenters. The van der Waals surface area contributed by atoms with Crippen LogP contribution in [0.3, 0.4) is 0 Å². The number of thiazole rings is 1. The highest BCUT2D eigenvalue weighted by Gasteiger charge is 2.37. The van der Waals surface area contributed by atoms with E-state index in [0.717, 1.165) is 22.2 Å². The average Bonchev–Trinajstić information content (AvgIpc) is 3.07. The first kappa shape index (κ1) is 26.7. The zero-order valence-electron chi connectivity index (χ0n) is 17.1. The second-order valence-corrected chi connectivity index (χ2v) is 10.2. The molecule has 2 aromatic carbocycles. The molecular formula is C21H14Cl2F6N2OS2. The molecule has 3 nitrogen and oxygen atoms in total. The molecule has 0 aliphatic rings. The van der Waals surface area contributed by atoms with Gasteiger partial charge in [0.2, 0.25) is 5.91 Å². The number of alkyl halides is 6. The van der Waals surface area contributed by atoms with Gasteiger partial charge in [-0.25, -0.2) is 4.98 Å². The van der Waals surface area contributed by atoms with Gasteiger partial charge < -0.3 is 5.32 Å².